The Morgan fingerprint density at radius 3 is 2.45 bits per heavy atom. The molecule has 0 fully saturated rings. The molecule has 2 N–H and O–H groups in total. The Morgan fingerprint density at radius 1 is 1.02 bits per heavy atom. The van der Waals surface area contributed by atoms with Gasteiger partial charge >= 0.3 is 0 Å². The first-order valence-electron chi connectivity index (χ1n) is 13.8. The predicted molar refractivity (Wildman–Crippen MR) is 170 cm³/mol. The van der Waals surface area contributed by atoms with E-state index in [9.17, 15) is 14.4 Å². The second kappa shape index (κ2) is 12.9. The summed E-state index contributed by atoms with van der Waals surface area (Å²) in [5.74, 6) is -1.00. The minimum Gasteiger partial charge on any atom is -0.364 e. The number of nitrogens with one attached hydrogen (secondary N) is 2. The van der Waals surface area contributed by atoms with Gasteiger partial charge in [-0.25, -0.2) is 4.98 Å². The minimum absolute atomic E-state index is 0.0231. The number of benzene rings is 2. The van der Waals surface area contributed by atoms with Crippen LogP contribution >= 0.6 is 23.2 Å². The van der Waals surface area contributed by atoms with Crippen molar-refractivity contribution in [1.29, 1.82) is 0 Å². The first-order valence-corrected chi connectivity index (χ1v) is 14.6. The molecule has 0 radical (unpaired) electrons. The molecule has 1 atom stereocenters. The molecule has 3 heterocycles. The van der Waals surface area contributed by atoms with E-state index in [1.54, 1.807) is 60.5 Å². The summed E-state index contributed by atoms with van der Waals surface area (Å²) in [6.45, 7) is 5.50. The number of amides is 2. The smallest absolute Gasteiger partial charge is 0.257 e. The highest BCUT2D eigenvalue weighted by molar-refractivity contribution is 6.33. The number of carbonyl (C=O) groups excluding carboxylic acids is 2. The summed E-state index contributed by atoms with van der Waals surface area (Å²) in [5, 5.41) is 10.3. The normalized spacial score (nSPS) is 11.9. The Morgan fingerprint density at radius 2 is 1.80 bits per heavy atom. The molecular formula is C32H30Cl2N6O4. The molecule has 12 heteroatoms. The third kappa shape index (κ3) is 6.61. The number of hydrogen-bond acceptors (Lipinski definition) is 6. The van der Waals surface area contributed by atoms with Gasteiger partial charge in [-0.1, -0.05) is 34.4 Å². The van der Waals surface area contributed by atoms with Crippen LogP contribution in [-0.4, -0.2) is 37.1 Å². The van der Waals surface area contributed by atoms with E-state index in [1.165, 1.54) is 12.3 Å². The molecule has 0 aliphatic heterocycles. The van der Waals surface area contributed by atoms with Crippen LogP contribution < -0.4 is 16.2 Å². The molecular weight excluding hydrogens is 603 g/mol. The Balaban J connectivity index is 1.45. The van der Waals surface area contributed by atoms with E-state index in [4.69, 9.17) is 27.7 Å². The maximum atomic E-state index is 13.7. The topological polar surface area (TPSA) is 124 Å². The highest BCUT2D eigenvalue weighted by atomic mass is 35.5. The number of imidazole rings is 1. The SMILES string of the molecule is Cc1nocc1C(=O)NC(Cc1cc(-c2ccc(=O)n(C(C)C)c2)ccc1Cl)C(=O)Nc1ccc(-c2cncn2C)c(Cl)c1. The van der Waals surface area contributed by atoms with E-state index in [0.29, 0.717) is 27.0 Å². The summed E-state index contributed by atoms with van der Waals surface area (Å²) in [5.41, 5.74) is 4.75. The maximum absolute atomic E-state index is 13.7. The lowest BCUT2D eigenvalue weighted by Gasteiger charge is -2.20. The second-order valence-corrected chi connectivity index (χ2v) is 11.5. The molecule has 0 saturated heterocycles. The third-order valence-corrected chi connectivity index (χ3v) is 7.92. The number of nitrogens with zero attached hydrogens (tertiary/aromatic N) is 4. The standard InChI is InChI=1S/C32H30Cl2N6O4/c1-18(2)40-15-21(6-10-30(40)41)20-5-9-26(33)22(11-20)12-28(37-31(42)25-16-44-38-19(25)3)32(43)36-23-7-8-24(27(34)13-23)29-14-35-17-39(29)4/h5-11,13-18,28H,12H2,1-4H3,(H,36,43)(H,37,42). The zero-order valence-corrected chi connectivity index (χ0v) is 26.0. The van der Waals surface area contributed by atoms with Gasteiger partial charge in [-0.15, -0.1) is 0 Å². The van der Waals surface area contributed by atoms with Gasteiger partial charge in [0.25, 0.3) is 11.5 Å². The van der Waals surface area contributed by atoms with Gasteiger partial charge in [0.1, 0.15) is 17.9 Å². The lowest BCUT2D eigenvalue weighted by Crippen LogP contribution is -2.45. The molecule has 5 aromatic rings. The molecule has 0 spiro atoms. The summed E-state index contributed by atoms with van der Waals surface area (Å²) in [6, 6.07) is 12.8. The number of pyridine rings is 1. The molecule has 10 nitrogen and oxygen atoms in total. The van der Waals surface area contributed by atoms with Crippen molar-refractivity contribution in [2.24, 2.45) is 7.05 Å². The average molecular weight is 634 g/mol. The fourth-order valence-corrected chi connectivity index (χ4v) is 5.28. The highest BCUT2D eigenvalue weighted by Crippen LogP contribution is 2.30. The lowest BCUT2D eigenvalue weighted by molar-refractivity contribution is -0.118. The van der Waals surface area contributed by atoms with Gasteiger partial charge < -0.3 is 24.3 Å². The number of carbonyl (C=O) groups is 2. The summed E-state index contributed by atoms with van der Waals surface area (Å²) < 4.78 is 8.41. The molecule has 5 rings (SSSR count). The van der Waals surface area contributed by atoms with Crippen LogP contribution in [0, 0.1) is 6.92 Å². The van der Waals surface area contributed by atoms with Crippen molar-refractivity contribution in [2.45, 2.75) is 39.3 Å². The number of hydrogen-bond donors (Lipinski definition) is 2. The fourth-order valence-electron chi connectivity index (χ4n) is 4.81. The van der Waals surface area contributed by atoms with Gasteiger partial charge in [-0.05, 0) is 73.9 Å². The molecule has 0 bridgehead atoms. The van der Waals surface area contributed by atoms with Crippen LogP contribution in [0.5, 0.6) is 0 Å². The number of aryl methyl sites for hydroxylation is 2. The third-order valence-electron chi connectivity index (χ3n) is 7.24. The number of anilines is 1. The molecule has 2 amide bonds. The van der Waals surface area contributed by atoms with Crippen LogP contribution in [0.2, 0.25) is 10.0 Å². The van der Waals surface area contributed by atoms with Gasteiger partial charge in [-0.3, -0.25) is 14.4 Å². The molecule has 2 aromatic carbocycles. The Labute approximate surface area is 263 Å². The summed E-state index contributed by atoms with van der Waals surface area (Å²) in [4.78, 5) is 43.3. The van der Waals surface area contributed by atoms with Crippen molar-refractivity contribution in [1.82, 2.24) is 24.6 Å². The molecule has 44 heavy (non-hydrogen) atoms. The Bertz CT molecular complexity index is 1910. The average Bonchev–Trinajstić information content (AvgIpc) is 3.61. The number of aromatic nitrogens is 4. The van der Waals surface area contributed by atoms with E-state index in [0.717, 1.165) is 22.4 Å². The zero-order chi connectivity index (χ0) is 31.5. The van der Waals surface area contributed by atoms with Crippen LogP contribution in [-0.2, 0) is 18.3 Å². The van der Waals surface area contributed by atoms with E-state index in [2.05, 4.69) is 20.8 Å². The quantitative estimate of drug-likeness (QED) is 0.203. The van der Waals surface area contributed by atoms with Crippen LogP contribution in [0.15, 0.2) is 82.8 Å². The number of halogens is 2. The van der Waals surface area contributed by atoms with E-state index < -0.39 is 17.9 Å². The van der Waals surface area contributed by atoms with E-state index in [1.807, 2.05) is 37.6 Å². The van der Waals surface area contributed by atoms with Crippen molar-refractivity contribution in [3.63, 3.8) is 0 Å². The summed E-state index contributed by atoms with van der Waals surface area (Å²) >= 11 is 13.2. The second-order valence-electron chi connectivity index (χ2n) is 10.7. The van der Waals surface area contributed by atoms with Gasteiger partial charge in [0.15, 0.2) is 0 Å². The molecule has 0 aliphatic rings. The first kappa shape index (κ1) is 30.8. The summed E-state index contributed by atoms with van der Waals surface area (Å²) in [6.07, 6.45) is 6.46. The zero-order valence-electron chi connectivity index (χ0n) is 24.5. The maximum Gasteiger partial charge on any atom is 0.257 e. The van der Waals surface area contributed by atoms with Crippen LogP contribution in [0.3, 0.4) is 0 Å². The minimum atomic E-state index is -1.04. The van der Waals surface area contributed by atoms with Gasteiger partial charge in [-0.2, -0.15) is 0 Å². The Hall–Kier alpha value is -4.67. The van der Waals surface area contributed by atoms with Gasteiger partial charge in [0.2, 0.25) is 5.91 Å². The van der Waals surface area contributed by atoms with Gasteiger partial charge in [0, 0.05) is 48.0 Å². The van der Waals surface area contributed by atoms with Crippen molar-refractivity contribution in [3.05, 3.63) is 111 Å². The highest BCUT2D eigenvalue weighted by Gasteiger charge is 2.25. The van der Waals surface area contributed by atoms with Crippen LogP contribution in [0.4, 0.5) is 5.69 Å². The molecule has 226 valence electrons. The summed E-state index contributed by atoms with van der Waals surface area (Å²) in [7, 11) is 1.86. The van der Waals surface area contributed by atoms with Gasteiger partial charge in [0.05, 0.1) is 28.9 Å². The first-order chi connectivity index (χ1) is 21.0. The van der Waals surface area contributed by atoms with Crippen molar-refractivity contribution in [3.8, 4) is 22.4 Å². The van der Waals surface area contributed by atoms with Crippen molar-refractivity contribution < 1.29 is 14.1 Å². The predicted octanol–water partition coefficient (Wildman–Crippen LogP) is 6.08. The molecule has 1 unspecified atom stereocenters. The molecule has 3 aromatic heterocycles. The Kier molecular flexibility index (Phi) is 9.03. The van der Waals surface area contributed by atoms with Crippen LogP contribution in [0.25, 0.3) is 22.4 Å². The lowest BCUT2D eigenvalue weighted by atomic mass is 9.99. The van der Waals surface area contributed by atoms with E-state index >= 15 is 0 Å². The van der Waals surface area contributed by atoms with Crippen LogP contribution in [0.1, 0.15) is 41.5 Å². The monoisotopic (exact) mass is 632 g/mol. The van der Waals surface area contributed by atoms with Crippen molar-refractivity contribution >= 4 is 40.7 Å². The molecule has 0 saturated carbocycles. The largest absolute Gasteiger partial charge is 0.364 e. The van der Waals surface area contributed by atoms with Crippen molar-refractivity contribution in [2.75, 3.05) is 5.32 Å². The number of rotatable bonds is 9. The molecule has 0 aliphatic carbocycles. The van der Waals surface area contributed by atoms with E-state index in [-0.39, 0.29) is 23.6 Å². The fraction of sp³-hybridized carbons (Fsp3) is 0.219.